The van der Waals surface area contributed by atoms with Gasteiger partial charge >= 0.3 is 0 Å². The topological polar surface area (TPSA) is 48.8 Å². The average molecular weight is 553 g/mol. The molecule has 2 saturated heterocycles. The Kier molecular flexibility index (Phi) is 6.36. The van der Waals surface area contributed by atoms with Crippen LogP contribution in [0.1, 0.15) is 67.2 Å². The highest BCUT2D eigenvalue weighted by Crippen LogP contribution is 2.55. The van der Waals surface area contributed by atoms with Crippen LogP contribution in [0.3, 0.4) is 0 Å². The van der Waals surface area contributed by atoms with E-state index in [2.05, 4.69) is 59.4 Å². The molecule has 200 valence electrons. The fourth-order valence-electron chi connectivity index (χ4n) is 7.82. The van der Waals surface area contributed by atoms with E-state index in [1.807, 2.05) is 23.5 Å². The van der Waals surface area contributed by atoms with E-state index in [1.165, 1.54) is 89.1 Å². The van der Waals surface area contributed by atoms with Crippen LogP contribution in [0.5, 0.6) is 0 Å². The second kappa shape index (κ2) is 10.1. The van der Waals surface area contributed by atoms with Crippen molar-refractivity contribution < 1.29 is 0 Å². The summed E-state index contributed by atoms with van der Waals surface area (Å²) in [4.78, 5) is 9.69. The summed E-state index contributed by atoms with van der Waals surface area (Å²) in [6.45, 7) is 1.09. The number of nitrogens with zero attached hydrogens (tertiary/aromatic N) is 2. The Morgan fingerprint density at radius 3 is 2.36 bits per heavy atom. The summed E-state index contributed by atoms with van der Waals surface area (Å²) in [6, 6.07) is 14.7. The zero-order chi connectivity index (χ0) is 25.8. The molecule has 6 aliphatic rings. The monoisotopic (exact) mass is 552 g/mol. The normalized spacial score (nSPS) is 27.2. The second-order valence-electron chi connectivity index (χ2n) is 12.0. The summed E-state index contributed by atoms with van der Waals surface area (Å²) in [5, 5.41) is 7.59. The first-order chi connectivity index (χ1) is 19.3. The van der Waals surface area contributed by atoms with E-state index in [4.69, 9.17) is 9.98 Å². The van der Waals surface area contributed by atoms with Crippen LogP contribution in [0.25, 0.3) is 22.3 Å². The van der Waals surface area contributed by atoms with Crippen LogP contribution in [0.4, 0.5) is 0 Å². The van der Waals surface area contributed by atoms with Gasteiger partial charge in [-0.05, 0) is 75.6 Å². The van der Waals surface area contributed by atoms with Crippen molar-refractivity contribution >= 4 is 46.1 Å². The lowest BCUT2D eigenvalue weighted by Gasteiger charge is -2.28. The lowest BCUT2D eigenvalue weighted by Crippen LogP contribution is -2.32. The minimum Gasteiger partial charge on any atom is -0.300 e. The number of thioether (sulfide) groups is 2. The van der Waals surface area contributed by atoms with Gasteiger partial charge in [-0.3, -0.25) is 20.6 Å². The van der Waals surface area contributed by atoms with Gasteiger partial charge in [-0.2, -0.15) is 0 Å². The smallest absolute Gasteiger partial charge is 0.0926 e. The lowest BCUT2D eigenvalue weighted by molar-refractivity contribution is 0.440. The van der Waals surface area contributed by atoms with Crippen LogP contribution in [0.15, 0.2) is 58.8 Å². The van der Waals surface area contributed by atoms with Crippen molar-refractivity contribution in [1.29, 1.82) is 0 Å². The van der Waals surface area contributed by atoms with Crippen molar-refractivity contribution in [1.82, 2.24) is 10.6 Å². The molecule has 2 aromatic carbocycles. The molecule has 1 spiro atoms. The van der Waals surface area contributed by atoms with Crippen LogP contribution in [-0.4, -0.2) is 46.8 Å². The van der Waals surface area contributed by atoms with Gasteiger partial charge in [-0.25, -0.2) is 0 Å². The van der Waals surface area contributed by atoms with Crippen molar-refractivity contribution in [3.63, 3.8) is 0 Å². The van der Waals surface area contributed by atoms with E-state index in [1.54, 1.807) is 11.1 Å². The molecule has 8 rings (SSSR count). The zero-order valence-corrected chi connectivity index (χ0v) is 24.1. The molecule has 0 unspecified atom stereocenters. The lowest BCUT2D eigenvalue weighted by atomic mass is 9.76. The standard InChI is InChI=1S/C33H36N4S2/c1-2-11-33(10-1)12-9-27-25(24-16-28(35-18-24)30-19-38-20-37-30)7-8-26(31(27)33)22-5-3-21(4-6-22)23-15-29(36-17-23)32-34-13-14-39-32/h3-8,17-18,30,32,34,37H,1-2,9-16,19-20H2/t30-,32-/m0/s1. The molecule has 39 heavy (non-hydrogen) atoms. The molecule has 2 N–H and O–H groups in total. The highest BCUT2D eigenvalue weighted by Gasteiger charge is 2.44. The molecular weight excluding hydrogens is 517 g/mol. The molecule has 0 amide bonds. The molecule has 2 aromatic rings. The van der Waals surface area contributed by atoms with Gasteiger partial charge in [0.1, 0.15) is 0 Å². The van der Waals surface area contributed by atoms with E-state index in [0.29, 0.717) is 16.8 Å². The van der Waals surface area contributed by atoms with Crippen molar-refractivity contribution in [2.24, 2.45) is 9.98 Å². The van der Waals surface area contributed by atoms with Gasteiger partial charge in [0.15, 0.2) is 0 Å². The van der Waals surface area contributed by atoms with Gasteiger partial charge in [0.05, 0.1) is 11.4 Å². The van der Waals surface area contributed by atoms with Gasteiger partial charge in [-0.15, -0.1) is 23.5 Å². The number of fused-ring (bicyclic) bond motifs is 2. The minimum atomic E-state index is 0.370. The second-order valence-corrected chi connectivity index (χ2v) is 14.2. The summed E-state index contributed by atoms with van der Waals surface area (Å²) in [6.07, 6.45) is 14.2. The van der Waals surface area contributed by atoms with Crippen LogP contribution in [0.2, 0.25) is 0 Å². The molecule has 6 heteroatoms. The molecule has 4 nitrogen and oxygen atoms in total. The summed E-state index contributed by atoms with van der Waals surface area (Å²) < 4.78 is 0. The molecule has 1 saturated carbocycles. The van der Waals surface area contributed by atoms with E-state index in [9.17, 15) is 0 Å². The predicted octanol–water partition coefficient (Wildman–Crippen LogP) is 6.81. The highest BCUT2D eigenvalue weighted by atomic mass is 32.2. The van der Waals surface area contributed by atoms with Gasteiger partial charge in [0, 0.05) is 60.6 Å². The largest absolute Gasteiger partial charge is 0.300 e. The Labute approximate surface area is 240 Å². The number of rotatable bonds is 5. The third kappa shape index (κ3) is 4.30. The Hall–Kier alpha value is -2.12. The van der Waals surface area contributed by atoms with Crippen LogP contribution >= 0.6 is 23.5 Å². The zero-order valence-electron chi connectivity index (χ0n) is 22.5. The SMILES string of the molecule is C1=C(c2ccc(-c3ccc(C4=CN=C([C@@H]5CSCN5)C4)c4c3C3(CCCC3)CC4)cc2)CC([C@H]2NCCS2)=N1. The number of aliphatic imine (C=N–C) groups is 2. The molecule has 2 aliphatic carbocycles. The Morgan fingerprint density at radius 2 is 1.56 bits per heavy atom. The Morgan fingerprint density at radius 1 is 0.795 bits per heavy atom. The van der Waals surface area contributed by atoms with E-state index >= 15 is 0 Å². The van der Waals surface area contributed by atoms with E-state index < -0.39 is 0 Å². The summed E-state index contributed by atoms with van der Waals surface area (Å²) >= 11 is 3.97. The maximum Gasteiger partial charge on any atom is 0.0926 e. The molecule has 0 bridgehead atoms. The Balaban J connectivity index is 1.09. The molecule has 4 heterocycles. The minimum absolute atomic E-state index is 0.370. The highest BCUT2D eigenvalue weighted by molar-refractivity contribution is 8.00. The third-order valence-corrected chi connectivity index (χ3v) is 12.0. The molecule has 3 fully saturated rings. The average Bonchev–Trinajstić information content (AvgIpc) is 3.82. The number of nitrogens with one attached hydrogen (secondary N) is 2. The maximum absolute atomic E-state index is 4.91. The first kappa shape index (κ1) is 24.7. The first-order valence-electron chi connectivity index (χ1n) is 14.7. The molecular formula is C33H36N4S2. The van der Waals surface area contributed by atoms with Gasteiger partial charge in [0.25, 0.3) is 0 Å². The summed E-state index contributed by atoms with van der Waals surface area (Å²) in [7, 11) is 0. The Bertz CT molecular complexity index is 1420. The molecule has 2 atom stereocenters. The van der Waals surface area contributed by atoms with Crippen molar-refractivity contribution in [2.45, 2.75) is 68.2 Å². The van der Waals surface area contributed by atoms with Crippen LogP contribution in [-0.2, 0) is 11.8 Å². The fourth-order valence-corrected chi connectivity index (χ4v) is 9.84. The fraction of sp³-hybridized carbons (Fsp3) is 0.455. The van der Waals surface area contributed by atoms with Crippen molar-refractivity contribution in [3.8, 4) is 11.1 Å². The van der Waals surface area contributed by atoms with Gasteiger partial charge in [0.2, 0.25) is 0 Å². The van der Waals surface area contributed by atoms with Crippen molar-refractivity contribution in [3.05, 3.63) is 71.1 Å². The summed E-state index contributed by atoms with van der Waals surface area (Å²) in [5.74, 6) is 3.38. The van der Waals surface area contributed by atoms with E-state index in [-0.39, 0.29) is 0 Å². The first-order valence-corrected chi connectivity index (χ1v) is 16.9. The molecule has 0 radical (unpaired) electrons. The maximum atomic E-state index is 4.91. The molecule has 0 aromatic heterocycles. The predicted molar refractivity (Wildman–Crippen MR) is 169 cm³/mol. The van der Waals surface area contributed by atoms with Crippen LogP contribution < -0.4 is 10.6 Å². The summed E-state index contributed by atoms with van der Waals surface area (Å²) in [5.41, 5.74) is 14.7. The number of hydrogen-bond donors (Lipinski definition) is 2. The van der Waals surface area contributed by atoms with E-state index in [0.717, 1.165) is 31.0 Å². The van der Waals surface area contributed by atoms with Crippen LogP contribution in [0, 0.1) is 0 Å². The number of allylic oxidation sites excluding steroid dienone is 2. The van der Waals surface area contributed by atoms with Gasteiger partial charge in [-0.1, -0.05) is 49.2 Å². The van der Waals surface area contributed by atoms with Crippen molar-refractivity contribution in [2.75, 3.05) is 23.9 Å². The number of hydrogen-bond acceptors (Lipinski definition) is 6. The van der Waals surface area contributed by atoms with Gasteiger partial charge < -0.3 is 0 Å². The third-order valence-electron chi connectivity index (χ3n) is 9.82. The quantitative estimate of drug-likeness (QED) is 0.428. The molecule has 4 aliphatic heterocycles. The number of benzene rings is 2.